The highest BCUT2D eigenvalue weighted by Crippen LogP contribution is 2.13. The van der Waals surface area contributed by atoms with Gasteiger partial charge in [-0.2, -0.15) is 0 Å². The Bertz CT molecular complexity index is 416. The van der Waals surface area contributed by atoms with Gasteiger partial charge in [-0.3, -0.25) is 9.78 Å². The van der Waals surface area contributed by atoms with E-state index in [1.165, 1.54) is 25.7 Å². The third-order valence-electron chi connectivity index (χ3n) is 4.00. The lowest BCUT2D eigenvalue weighted by Gasteiger charge is -2.35. The molecule has 0 N–H and O–H groups in total. The van der Waals surface area contributed by atoms with Crippen LogP contribution in [0.3, 0.4) is 0 Å². The lowest BCUT2D eigenvalue weighted by atomic mass is 10.1. The molecule has 116 valence electrons. The summed E-state index contributed by atoms with van der Waals surface area (Å²) in [6, 6.07) is 0. The number of piperazine rings is 1. The molecule has 1 aromatic heterocycles. The third-order valence-corrected chi connectivity index (χ3v) is 4.00. The van der Waals surface area contributed by atoms with E-state index in [0.717, 1.165) is 38.4 Å². The van der Waals surface area contributed by atoms with Crippen LogP contribution in [0.4, 0.5) is 5.82 Å². The number of unbranched alkanes of at least 4 members (excludes halogenated alkanes) is 4. The fourth-order valence-electron chi connectivity index (χ4n) is 2.68. The maximum Gasteiger partial charge on any atom is 0.222 e. The second kappa shape index (κ2) is 8.60. The molecule has 2 heterocycles. The van der Waals surface area contributed by atoms with Gasteiger partial charge in [-0.25, -0.2) is 4.98 Å². The molecule has 2 rings (SSSR count). The van der Waals surface area contributed by atoms with Crippen LogP contribution in [-0.2, 0) is 4.79 Å². The number of anilines is 1. The molecule has 0 aromatic carbocycles. The van der Waals surface area contributed by atoms with Crippen LogP contribution in [-0.4, -0.2) is 47.0 Å². The molecule has 0 bridgehead atoms. The van der Waals surface area contributed by atoms with Crippen LogP contribution in [0.25, 0.3) is 0 Å². The van der Waals surface area contributed by atoms with Gasteiger partial charge >= 0.3 is 0 Å². The summed E-state index contributed by atoms with van der Waals surface area (Å²) in [6.07, 6.45) is 11.9. The van der Waals surface area contributed by atoms with Crippen molar-refractivity contribution >= 4 is 11.7 Å². The summed E-state index contributed by atoms with van der Waals surface area (Å²) in [5.74, 6) is 1.22. The van der Waals surface area contributed by atoms with Crippen LogP contribution < -0.4 is 4.90 Å². The largest absolute Gasteiger partial charge is 0.352 e. The van der Waals surface area contributed by atoms with Crippen LogP contribution in [0.15, 0.2) is 18.6 Å². The van der Waals surface area contributed by atoms with E-state index in [1.807, 2.05) is 4.90 Å². The molecule has 1 aliphatic rings. The van der Waals surface area contributed by atoms with Crippen molar-refractivity contribution in [1.82, 2.24) is 14.9 Å². The predicted octanol–water partition coefficient (Wildman–Crippen LogP) is 2.49. The number of nitrogens with zero attached hydrogens (tertiary/aromatic N) is 4. The van der Waals surface area contributed by atoms with Crippen LogP contribution >= 0.6 is 0 Å². The van der Waals surface area contributed by atoms with E-state index >= 15 is 0 Å². The van der Waals surface area contributed by atoms with E-state index in [2.05, 4.69) is 21.8 Å². The quantitative estimate of drug-likeness (QED) is 0.724. The highest BCUT2D eigenvalue weighted by Gasteiger charge is 2.21. The van der Waals surface area contributed by atoms with Crippen molar-refractivity contribution in [2.75, 3.05) is 31.1 Å². The van der Waals surface area contributed by atoms with Crippen molar-refractivity contribution < 1.29 is 4.79 Å². The molecule has 5 nitrogen and oxygen atoms in total. The Kier molecular flexibility index (Phi) is 6.44. The smallest absolute Gasteiger partial charge is 0.222 e. The van der Waals surface area contributed by atoms with Crippen molar-refractivity contribution in [3.05, 3.63) is 18.6 Å². The summed E-state index contributed by atoms with van der Waals surface area (Å²) in [5.41, 5.74) is 0. The van der Waals surface area contributed by atoms with E-state index in [9.17, 15) is 4.79 Å². The van der Waals surface area contributed by atoms with E-state index < -0.39 is 0 Å². The molecule has 0 unspecified atom stereocenters. The standard InChI is InChI=1S/C16H26N4O/c1-2-3-4-5-6-7-16(21)20-12-10-19(11-13-20)15-14-17-8-9-18-15/h8-9,14H,2-7,10-13H2,1H3. The molecule has 1 fully saturated rings. The molecule has 1 aliphatic heterocycles. The van der Waals surface area contributed by atoms with Crippen LogP contribution in [0.2, 0.25) is 0 Å². The first kappa shape index (κ1) is 15.7. The summed E-state index contributed by atoms with van der Waals surface area (Å²) in [5, 5.41) is 0. The normalized spacial score (nSPS) is 15.3. The number of carbonyl (C=O) groups is 1. The van der Waals surface area contributed by atoms with Gasteiger partial charge in [0.05, 0.1) is 6.20 Å². The summed E-state index contributed by atoms with van der Waals surface area (Å²) in [7, 11) is 0. The van der Waals surface area contributed by atoms with Crippen LogP contribution in [0, 0.1) is 0 Å². The van der Waals surface area contributed by atoms with Crippen molar-refractivity contribution in [3.63, 3.8) is 0 Å². The lowest BCUT2D eigenvalue weighted by Crippen LogP contribution is -2.49. The molecule has 1 aromatic rings. The Morgan fingerprint density at radius 2 is 1.86 bits per heavy atom. The lowest BCUT2D eigenvalue weighted by molar-refractivity contribution is -0.131. The Hall–Kier alpha value is -1.65. The minimum absolute atomic E-state index is 0.310. The molecule has 0 atom stereocenters. The summed E-state index contributed by atoms with van der Waals surface area (Å²) in [6.45, 7) is 5.50. The van der Waals surface area contributed by atoms with Gasteiger partial charge in [-0.15, -0.1) is 0 Å². The van der Waals surface area contributed by atoms with Gasteiger partial charge in [0, 0.05) is 45.0 Å². The van der Waals surface area contributed by atoms with Gasteiger partial charge in [0.1, 0.15) is 5.82 Å². The second-order valence-corrected chi connectivity index (χ2v) is 5.60. The number of amides is 1. The molecule has 5 heteroatoms. The van der Waals surface area contributed by atoms with E-state index in [4.69, 9.17) is 0 Å². The van der Waals surface area contributed by atoms with Crippen LogP contribution in [0.1, 0.15) is 45.4 Å². The molecule has 0 aliphatic carbocycles. The molecule has 1 amide bonds. The summed E-state index contributed by atoms with van der Waals surface area (Å²) < 4.78 is 0. The Morgan fingerprint density at radius 3 is 2.52 bits per heavy atom. The minimum atomic E-state index is 0.310. The first-order valence-corrected chi connectivity index (χ1v) is 8.10. The maximum atomic E-state index is 12.2. The van der Waals surface area contributed by atoms with Crippen LogP contribution in [0.5, 0.6) is 0 Å². The van der Waals surface area contributed by atoms with E-state index in [0.29, 0.717) is 12.3 Å². The highest BCUT2D eigenvalue weighted by molar-refractivity contribution is 5.76. The zero-order valence-corrected chi connectivity index (χ0v) is 13.0. The van der Waals surface area contributed by atoms with Gasteiger partial charge in [0.25, 0.3) is 0 Å². The second-order valence-electron chi connectivity index (χ2n) is 5.60. The minimum Gasteiger partial charge on any atom is -0.352 e. The van der Waals surface area contributed by atoms with Gasteiger partial charge < -0.3 is 9.80 Å². The first-order chi connectivity index (χ1) is 10.3. The first-order valence-electron chi connectivity index (χ1n) is 8.10. The number of hydrogen-bond acceptors (Lipinski definition) is 4. The average molecular weight is 290 g/mol. The zero-order valence-electron chi connectivity index (χ0n) is 13.0. The predicted molar refractivity (Wildman–Crippen MR) is 84.2 cm³/mol. The molecular weight excluding hydrogens is 264 g/mol. The summed E-state index contributed by atoms with van der Waals surface area (Å²) >= 11 is 0. The van der Waals surface area contributed by atoms with Gasteiger partial charge in [-0.1, -0.05) is 32.6 Å². The third kappa shape index (κ3) is 4.99. The number of rotatable bonds is 7. The van der Waals surface area contributed by atoms with Gasteiger partial charge in [0.15, 0.2) is 0 Å². The number of hydrogen-bond donors (Lipinski definition) is 0. The molecule has 0 saturated carbocycles. The molecular formula is C16H26N4O. The number of aromatic nitrogens is 2. The fourth-order valence-corrected chi connectivity index (χ4v) is 2.68. The Balaban J connectivity index is 1.67. The van der Waals surface area contributed by atoms with Crippen molar-refractivity contribution in [1.29, 1.82) is 0 Å². The van der Waals surface area contributed by atoms with Gasteiger partial charge in [0.2, 0.25) is 5.91 Å². The molecule has 0 spiro atoms. The Labute approximate surface area is 127 Å². The monoisotopic (exact) mass is 290 g/mol. The van der Waals surface area contributed by atoms with Crippen molar-refractivity contribution in [2.24, 2.45) is 0 Å². The van der Waals surface area contributed by atoms with Crippen molar-refractivity contribution in [2.45, 2.75) is 45.4 Å². The zero-order chi connectivity index (χ0) is 14.9. The van der Waals surface area contributed by atoms with Crippen molar-refractivity contribution in [3.8, 4) is 0 Å². The maximum absolute atomic E-state index is 12.2. The SMILES string of the molecule is CCCCCCCC(=O)N1CCN(c2cnccn2)CC1. The topological polar surface area (TPSA) is 49.3 Å². The number of carbonyl (C=O) groups excluding carboxylic acids is 1. The molecule has 0 radical (unpaired) electrons. The van der Waals surface area contributed by atoms with E-state index in [1.54, 1.807) is 18.6 Å². The van der Waals surface area contributed by atoms with Gasteiger partial charge in [-0.05, 0) is 6.42 Å². The van der Waals surface area contributed by atoms with E-state index in [-0.39, 0.29) is 0 Å². The fraction of sp³-hybridized carbons (Fsp3) is 0.688. The highest BCUT2D eigenvalue weighted by atomic mass is 16.2. The average Bonchev–Trinajstić information content (AvgIpc) is 2.55. The Morgan fingerprint density at radius 1 is 1.10 bits per heavy atom. The molecule has 21 heavy (non-hydrogen) atoms. The summed E-state index contributed by atoms with van der Waals surface area (Å²) in [4.78, 5) is 24.7. The molecule has 1 saturated heterocycles.